The number of nitrogen functional groups attached to an aromatic ring is 1. The molecular weight excluding hydrogens is 212 g/mol. The Bertz CT molecular complexity index is 482. The second-order valence-electron chi connectivity index (χ2n) is 2.97. The third kappa shape index (κ3) is 1.78. The molecule has 1 heterocycles. The van der Waals surface area contributed by atoms with E-state index in [2.05, 4.69) is 5.16 Å². The van der Waals surface area contributed by atoms with Crippen molar-refractivity contribution < 1.29 is 9.63 Å². The quantitative estimate of drug-likeness (QED) is 0.763. The Morgan fingerprint density at radius 2 is 2.27 bits per heavy atom. The van der Waals surface area contributed by atoms with Gasteiger partial charge in [0.05, 0.1) is 4.90 Å². The topological polar surface area (TPSA) is 72.3 Å². The third-order valence-electron chi connectivity index (χ3n) is 2.00. The molecule has 0 bridgehead atoms. The smallest absolute Gasteiger partial charge is 0.222 e. The normalized spacial score (nSPS) is 10.5. The van der Waals surface area contributed by atoms with Crippen LogP contribution in [-0.2, 0) is 0 Å². The van der Waals surface area contributed by atoms with Crippen molar-refractivity contribution in [3.05, 3.63) is 24.3 Å². The molecule has 0 fully saturated rings. The lowest BCUT2D eigenvalue weighted by Gasteiger charge is -2.05. The lowest BCUT2D eigenvalue weighted by atomic mass is 10.1. The Hall–Kier alpha value is -1.62. The van der Waals surface area contributed by atoms with E-state index in [0.29, 0.717) is 5.69 Å². The number of aromatic hydroxyl groups is 1. The van der Waals surface area contributed by atoms with Gasteiger partial charge in [-0.2, -0.15) is 0 Å². The number of anilines is 1. The summed E-state index contributed by atoms with van der Waals surface area (Å²) in [6, 6.07) is 6.89. The summed E-state index contributed by atoms with van der Waals surface area (Å²) in [7, 11) is 0. The molecule has 0 aliphatic carbocycles. The second kappa shape index (κ2) is 3.86. The van der Waals surface area contributed by atoms with Gasteiger partial charge in [-0.05, 0) is 12.3 Å². The molecule has 2 aromatic rings. The zero-order chi connectivity index (χ0) is 10.8. The van der Waals surface area contributed by atoms with Crippen molar-refractivity contribution >= 4 is 17.6 Å². The highest BCUT2D eigenvalue weighted by molar-refractivity contribution is 7.98. The molecule has 0 saturated carbocycles. The van der Waals surface area contributed by atoms with Gasteiger partial charge in [-0.25, -0.2) is 0 Å². The van der Waals surface area contributed by atoms with Crippen LogP contribution in [0.5, 0.6) is 5.75 Å². The molecule has 0 unspecified atom stereocenters. The Morgan fingerprint density at radius 3 is 2.87 bits per heavy atom. The number of hydrogen-bond acceptors (Lipinski definition) is 5. The van der Waals surface area contributed by atoms with E-state index >= 15 is 0 Å². The Balaban J connectivity index is 2.57. The van der Waals surface area contributed by atoms with Gasteiger partial charge in [-0.3, -0.25) is 0 Å². The molecule has 5 heteroatoms. The lowest BCUT2D eigenvalue weighted by Crippen LogP contribution is -1.82. The maximum atomic E-state index is 9.65. The summed E-state index contributed by atoms with van der Waals surface area (Å²) in [6.45, 7) is 0. The molecule has 0 aliphatic rings. The van der Waals surface area contributed by atoms with Crippen molar-refractivity contribution in [1.82, 2.24) is 5.16 Å². The standard InChI is InChI=1S/C10H10N2O2S/c1-15-10-6(3-2-4-8(10)13)7-5-9(11)14-12-7/h2-5,13H,11H2,1H3. The van der Waals surface area contributed by atoms with Crippen molar-refractivity contribution in [2.75, 3.05) is 12.0 Å². The van der Waals surface area contributed by atoms with E-state index in [9.17, 15) is 5.11 Å². The van der Waals surface area contributed by atoms with Gasteiger partial charge in [0.15, 0.2) is 0 Å². The number of nitrogens with two attached hydrogens (primary N) is 1. The molecule has 15 heavy (non-hydrogen) atoms. The minimum atomic E-state index is 0.238. The van der Waals surface area contributed by atoms with Gasteiger partial charge in [0.1, 0.15) is 11.4 Å². The fourth-order valence-electron chi connectivity index (χ4n) is 1.36. The number of thioether (sulfide) groups is 1. The zero-order valence-electron chi connectivity index (χ0n) is 8.10. The molecule has 2 rings (SSSR count). The average molecular weight is 222 g/mol. The van der Waals surface area contributed by atoms with Gasteiger partial charge >= 0.3 is 0 Å². The van der Waals surface area contributed by atoms with E-state index in [1.54, 1.807) is 18.2 Å². The Morgan fingerprint density at radius 1 is 1.47 bits per heavy atom. The Labute approximate surface area is 91.1 Å². The summed E-state index contributed by atoms with van der Waals surface area (Å²) in [6.07, 6.45) is 1.89. The molecule has 3 N–H and O–H groups in total. The van der Waals surface area contributed by atoms with Crippen LogP contribution in [0.2, 0.25) is 0 Å². The fourth-order valence-corrected chi connectivity index (χ4v) is 2.03. The number of rotatable bonds is 2. The van der Waals surface area contributed by atoms with Crippen LogP contribution in [0.1, 0.15) is 0 Å². The molecular formula is C10H10N2O2S. The summed E-state index contributed by atoms with van der Waals surface area (Å²) in [5.74, 6) is 0.502. The molecule has 0 radical (unpaired) electrons. The molecule has 0 atom stereocenters. The minimum absolute atomic E-state index is 0.238. The first kappa shape index (κ1) is 9.92. The summed E-state index contributed by atoms with van der Waals surface area (Å²) in [5, 5.41) is 13.5. The zero-order valence-corrected chi connectivity index (χ0v) is 8.91. The van der Waals surface area contributed by atoms with Gasteiger partial charge in [-0.15, -0.1) is 11.8 Å². The van der Waals surface area contributed by atoms with Crippen LogP contribution in [0, 0.1) is 0 Å². The summed E-state index contributed by atoms with van der Waals surface area (Å²) >= 11 is 1.45. The first-order chi connectivity index (χ1) is 7.22. The molecule has 4 nitrogen and oxygen atoms in total. The number of aromatic nitrogens is 1. The molecule has 0 amide bonds. The molecule has 0 spiro atoms. The minimum Gasteiger partial charge on any atom is -0.507 e. The molecule has 0 aliphatic heterocycles. The van der Waals surface area contributed by atoms with Crippen LogP contribution < -0.4 is 5.73 Å². The van der Waals surface area contributed by atoms with Gasteiger partial charge in [0.2, 0.25) is 5.88 Å². The maximum absolute atomic E-state index is 9.65. The van der Waals surface area contributed by atoms with Crippen LogP contribution in [0.3, 0.4) is 0 Å². The third-order valence-corrected chi connectivity index (χ3v) is 2.84. The van der Waals surface area contributed by atoms with Crippen molar-refractivity contribution in [3.63, 3.8) is 0 Å². The highest BCUT2D eigenvalue weighted by atomic mass is 32.2. The summed E-state index contributed by atoms with van der Waals surface area (Å²) in [4.78, 5) is 0.769. The largest absolute Gasteiger partial charge is 0.507 e. The number of hydrogen-bond donors (Lipinski definition) is 2. The summed E-state index contributed by atoms with van der Waals surface area (Å²) in [5.41, 5.74) is 6.90. The van der Waals surface area contributed by atoms with E-state index in [1.807, 2.05) is 12.3 Å². The molecule has 1 aromatic heterocycles. The van der Waals surface area contributed by atoms with Crippen LogP contribution in [0.4, 0.5) is 5.88 Å². The summed E-state index contributed by atoms with van der Waals surface area (Å²) < 4.78 is 4.80. The predicted octanol–water partition coefficient (Wildman–Crippen LogP) is 2.35. The lowest BCUT2D eigenvalue weighted by molar-refractivity contribution is 0.438. The van der Waals surface area contributed by atoms with Crippen molar-refractivity contribution in [2.45, 2.75) is 4.90 Å². The maximum Gasteiger partial charge on any atom is 0.222 e. The van der Waals surface area contributed by atoms with E-state index < -0.39 is 0 Å². The highest BCUT2D eigenvalue weighted by Crippen LogP contribution is 2.36. The number of phenols is 1. The van der Waals surface area contributed by atoms with Crippen LogP contribution in [0.15, 0.2) is 33.7 Å². The number of phenolic OH excluding ortho intramolecular Hbond substituents is 1. The van der Waals surface area contributed by atoms with E-state index in [1.165, 1.54) is 11.8 Å². The van der Waals surface area contributed by atoms with Crippen LogP contribution >= 0.6 is 11.8 Å². The fraction of sp³-hybridized carbons (Fsp3) is 0.100. The van der Waals surface area contributed by atoms with E-state index in [4.69, 9.17) is 10.3 Å². The molecule has 0 saturated heterocycles. The monoisotopic (exact) mass is 222 g/mol. The first-order valence-corrected chi connectivity index (χ1v) is 5.53. The SMILES string of the molecule is CSc1c(O)cccc1-c1cc(N)on1. The second-order valence-corrected chi connectivity index (χ2v) is 3.79. The molecule has 78 valence electrons. The van der Waals surface area contributed by atoms with E-state index in [-0.39, 0.29) is 11.6 Å². The van der Waals surface area contributed by atoms with Gasteiger partial charge in [0.25, 0.3) is 0 Å². The average Bonchev–Trinajstić information content (AvgIpc) is 2.64. The van der Waals surface area contributed by atoms with Gasteiger partial charge in [0, 0.05) is 11.6 Å². The van der Waals surface area contributed by atoms with Crippen LogP contribution in [-0.4, -0.2) is 16.5 Å². The van der Waals surface area contributed by atoms with Gasteiger partial charge in [-0.1, -0.05) is 17.3 Å². The van der Waals surface area contributed by atoms with Crippen molar-refractivity contribution in [3.8, 4) is 17.0 Å². The van der Waals surface area contributed by atoms with Crippen molar-refractivity contribution in [1.29, 1.82) is 0 Å². The highest BCUT2D eigenvalue weighted by Gasteiger charge is 2.11. The van der Waals surface area contributed by atoms with Crippen molar-refractivity contribution in [2.24, 2.45) is 0 Å². The first-order valence-electron chi connectivity index (χ1n) is 4.31. The number of nitrogens with zero attached hydrogens (tertiary/aromatic N) is 1. The van der Waals surface area contributed by atoms with Crippen LogP contribution in [0.25, 0.3) is 11.3 Å². The van der Waals surface area contributed by atoms with E-state index in [0.717, 1.165) is 10.5 Å². The molecule has 1 aromatic carbocycles. The van der Waals surface area contributed by atoms with Gasteiger partial charge < -0.3 is 15.4 Å². The predicted molar refractivity (Wildman–Crippen MR) is 59.8 cm³/mol. The Kier molecular flexibility index (Phi) is 2.55. The number of benzene rings is 1.